The molecule has 0 spiro atoms. The molecule has 1 fully saturated rings. The zero-order valence-corrected chi connectivity index (χ0v) is 15.2. The summed E-state index contributed by atoms with van der Waals surface area (Å²) in [4.78, 5) is 19.0. The summed E-state index contributed by atoms with van der Waals surface area (Å²) in [6.45, 7) is 0.695. The number of thiophene rings is 1. The molecule has 2 aliphatic rings. The molecule has 0 amide bonds. The highest BCUT2D eigenvalue weighted by Crippen LogP contribution is 2.34. The van der Waals surface area contributed by atoms with E-state index in [2.05, 4.69) is 11.4 Å². The Morgan fingerprint density at radius 3 is 3.00 bits per heavy atom. The third-order valence-corrected chi connectivity index (χ3v) is 6.17. The number of rotatable bonds is 3. The molecule has 0 N–H and O–H groups in total. The van der Waals surface area contributed by atoms with Gasteiger partial charge in [-0.2, -0.15) is 0 Å². The topological polar surface area (TPSA) is 43.6 Å². The molecule has 1 aliphatic carbocycles. The fraction of sp³-hybridized carbons (Fsp3) is 0.500. The minimum Gasteiger partial charge on any atom is -0.372 e. The Labute approximate surface area is 152 Å². The van der Waals surface area contributed by atoms with Crippen molar-refractivity contribution in [2.24, 2.45) is 4.99 Å². The van der Waals surface area contributed by atoms with E-state index in [0.717, 1.165) is 24.8 Å². The van der Waals surface area contributed by atoms with Crippen molar-refractivity contribution in [1.29, 1.82) is 0 Å². The molecular formula is C20H24N2O2S. The van der Waals surface area contributed by atoms with Crippen LogP contribution < -0.4 is 5.49 Å². The first-order chi connectivity index (χ1) is 12.3. The van der Waals surface area contributed by atoms with Crippen molar-refractivity contribution < 1.29 is 9.53 Å². The summed E-state index contributed by atoms with van der Waals surface area (Å²) in [5.74, 6) is 0.0569. The van der Waals surface area contributed by atoms with Crippen LogP contribution in [0.25, 0.3) is 0 Å². The predicted octanol–water partition coefficient (Wildman–Crippen LogP) is 4.13. The molecule has 1 saturated carbocycles. The van der Waals surface area contributed by atoms with Gasteiger partial charge in [-0.05, 0) is 48.4 Å². The second-order valence-electron chi connectivity index (χ2n) is 6.87. The first kappa shape index (κ1) is 16.7. The van der Waals surface area contributed by atoms with Gasteiger partial charge in [0.15, 0.2) is 0 Å². The lowest BCUT2D eigenvalue weighted by atomic mass is 9.96. The lowest BCUT2D eigenvalue weighted by Gasteiger charge is -2.23. The first-order valence-corrected chi connectivity index (χ1v) is 10.1. The van der Waals surface area contributed by atoms with Crippen LogP contribution in [0.3, 0.4) is 0 Å². The number of carbonyl (C=O) groups is 1. The van der Waals surface area contributed by atoms with E-state index in [4.69, 9.17) is 9.73 Å². The third-order valence-electron chi connectivity index (χ3n) is 5.12. The summed E-state index contributed by atoms with van der Waals surface area (Å²) in [7, 11) is 0. The fourth-order valence-electron chi connectivity index (χ4n) is 3.78. The maximum atomic E-state index is 12.9. The Morgan fingerprint density at radius 1 is 1.24 bits per heavy atom. The third kappa shape index (κ3) is 3.77. The summed E-state index contributed by atoms with van der Waals surface area (Å²) in [5.41, 5.74) is 2.11. The highest BCUT2D eigenvalue weighted by Gasteiger charge is 2.25. The van der Waals surface area contributed by atoms with E-state index in [1.54, 1.807) is 15.9 Å². The minimum absolute atomic E-state index is 0.0569. The number of carbonyl (C=O) groups excluding carboxylic acids is 1. The van der Waals surface area contributed by atoms with Gasteiger partial charge in [-0.15, -0.1) is 11.3 Å². The first-order valence-electron chi connectivity index (χ1n) is 9.24. The van der Waals surface area contributed by atoms with Crippen LogP contribution in [-0.2, 0) is 11.2 Å². The molecule has 4 nitrogen and oxygen atoms in total. The number of aromatic nitrogens is 1. The maximum Gasteiger partial charge on any atom is 0.235 e. The van der Waals surface area contributed by atoms with Gasteiger partial charge >= 0.3 is 0 Å². The Morgan fingerprint density at radius 2 is 2.12 bits per heavy atom. The second-order valence-corrected chi connectivity index (χ2v) is 7.81. The van der Waals surface area contributed by atoms with Crippen molar-refractivity contribution in [1.82, 2.24) is 4.57 Å². The van der Waals surface area contributed by atoms with Crippen LogP contribution >= 0.6 is 11.3 Å². The highest BCUT2D eigenvalue weighted by molar-refractivity contribution is 7.10. The van der Waals surface area contributed by atoms with Crippen LogP contribution in [-0.4, -0.2) is 23.1 Å². The molecule has 2 aromatic rings. The standard InChI is InChI=1S/C20H24N2O2S/c23-19(14-17-20-15(9-12-24-17)10-13-25-20)22-11-5-4-8-18(22)21-16-6-2-1-3-7-16/h4-5,8,10-11,13,16-17H,1-3,6-7,9,12,14H2. The predicted molar refractivity (Wildman–Crippen MR) is 98.8 cm³/mol. The molecule has 132 valence electrons. The molecule has 1 atom stereocenters. The zero-order valence-electron chi connectivity index (χ0n) is 14.4. The number of nitrogens with zero attached hydrogens (tertiary/aromatic N) is 2. The smallest absolute Gasteiger partial charge is 0.235 e. The Balaban J connectivity index is 1.56. The van der Waals surface area contributed by atoms with Gasteiger partial charge in [0.1, 0.15) is 11.6 Å². The quantitative estimate of drug-likeness (QED) is 0.830. The number of ether oxygens (including phenoxy) is 1. The SMILES string of the molecule is O=C(CC1OCCc2ccsc21)n1ccccc1=NC1CCCCC1. The van der Waals surface area contributed by atoms with Crippen LogP contribution in [0.15, 0.2) is 40.8 Å². The molecular weight excluding hydrogens is 332 g/mol. The average molecular weight is 356 g/mol. The lowest BCUT2D eigenvalue weighted by Crippen LogP contribution is -2.30. The van der Waals surface area contributed by atoms with Gasteiger partial charge in [0, 0.05) is 11.1 Å². The van der Waals surface area contributed by atoms with Crippen LogP contribution in [0.1, 0.15) is 59.9 Å². The van der Waals surface area contributed by atoms with Crippen molar-refractivity contribution in [3.05, 3.63) is 51.8 Å². The van der Waals surface area contributed by atoms with Crippen molar-refractivity contribution >= 4 is 17.2 Å². The molecule has 0 bridgehead atoms. The number of hydrogen-bond donors (Lipinski definition) is 0. The van der Waals surface area contributed by atoms with E-state index in [1.165, 1.54) is 29.7 Å². The molecule has 25 heavy (non-hydrogen) atoms. The maximum absolute atomic E-state index is 12.9. The van der Waals surface area contributed by atoms with Crippen molar-refractivity contribution in [3.8, 4) is 0 Å². The van der Waals surface area contributed by atoms with Crippen molar-refractivity contribution in [2.45, 2.75) is 57.1 Å². The van der Waals surface area contributed by atoms with E-state index >= 15 is 0 Å². The van der Waals surface area contributed by atoms with Crippen LogP contribution in [0, 0.1) is 0 Å². The van der Waals surface area contributed by atoms with Gasteiger partial charge < -0.3 is 4.74 Å². The molecule has 1 unspecified atom stereocenters. The summed E-state index contributed by atoms with van der Waals surface area (Å²) >= 11 is 1.69. The summed E-state index contributed by atoms with van der Waals surface area (Å²) in [6, 6.07) is 8.31. The minimum atomic E-state index is -0.119. The number of hydrogen-bond acceptors (Lipinski definition) is 4. The van der Waals surface area contributed by atoms with E-state index in [9.17, 15) is 4.79 Å². The van der Waals surface area contributed by atoms with Gasteiger partial charge in [0.05, 0.1) is 19.1 Å². The van der Waals surface area contributed by atoms with Crippen molar-refractivity contribution in [3.63, 3.8) is 0 Å². The molecule has 2 aromatic heterocycles. The summed E-state index contributed by atoms with van der Waals surface area (Å²) in [6.07, 6.45) is 9.09. The molecule has 0 radical (unpaired) electrons. The lowest BCUT2D eigenvalue weighted by molar-refractivity contribution is 0.0344. The molecule has 5 heteroatoms. The van der Waals surface area contributed by atoms with Gasteiger partial charge in [-0.25, -0.2) is 0 Å². The summed E-state index contributed by atoms with van der Waals surface area (Å²) in [5, 5.41) is 2.09. The van der Waals surface area contributed by atoms with Crippen LogP contribution in [0.5, 0.6) is 0 Å². The van der Waals surface area contributed by atoms with Crippen LogP contribution in [0.2, 0.25) is 0 Å². The van der Waals surface area contributed by atoms with Gasteiger partial charge in [0.25, 0.3) is 0 Å². The largest absolute Gasteiger partial charge is 0.372 e. The highest BCUT2D eigenvalue weighted by atomic mass is 32.1. The molecule has 1 aliphatic heterocycles. The van der Waals surface area contributed by atoms with E-state index in [-0.39, 0.29) is 12.0 Å². The van der Waals surface area contributed by atoms with E-state index in [0.29, 0.717) is 19.1 Å². The van der Waals surface area contributed by atoms with E-state index < -0.39 is 0 Å². The van der Waals surface area contributed by atoms with Crippen molar-refractivity contribution in [2.75, 3.05) is 6.61 Å². The fourth-order valence-corrected chi connectivity index (χ4v) is 4.78. The van der Waals surface area contributed by atoms with Gasteiger partial charge in [0.2, 0.25) is 5.91 Å². The normalized spacial score (nSPS) is 21.9. The zero-order chi connectivity index (χ0) is 17.1. The second kappa shape index (κ2) is 7.67. The number of fused-ring (bicyclic) bond motifs is 1. The molecule has 0 aromatic carbocycles. The molecule has 4 rings (SSSR count). The Kier molecular flexibility index (Phi) is 5.13. The van der Waals surface area contributed by atoms with E-state index in [1.807, 2.05) is 24.4 Å². The Bertz CT molecular complexity index is 802. The average Bonchev–Trinajstić information content (AvgIpc) is 3.13. The monoisotopic (exact) mass is 356 g/mol. The summed E-state index contributed by atoms with van der Waals surface area (Å²) < 4.78 is 7.60. The molecule has 0 saturated heterocycles. The molecule has 3 heterocycles. The number of pyridine rings is 1. The Hall–Kier alpha value is -1.72. The van der Waals surface area contributed by atoms with Crippen LogP contribution in [0.4, 0.5) is 0 Å². The van der Waals surface area contributed by atoms with Gasteiger partial charge in [-0.3, -0.25) is 14.4 Å². The van der Waals surface area contributed by atoms with Gasteiger partial charge in [-0.1, -0.05) is 25.3 Å².